The van der Waals surface area contributed by atoms with Crippen LogP contribution in [-0.2, 0) is 0 Å². The molecule has 0 fully saturated rings. The van der Waals surface area contributed by atoms with Crippen molar-refractivity contribution in [3.63, 3.8) is 0 Å². The van der Waals surface area contributed by atoms with Crippen LogP contribution in [0.25, 0.3) is 50.8 Å². The van der Waals surface area contributed by atoms with E-state index in [0.717, 1.165) is 66.8 Å². The topological polar surface area (TPSA) is 222 Å². The molecule has 330 valence electrons. The highest BCUT2D eigenvalue weighted by Crippen LogP contribution is 2.26. The zero-order valence-electron chi connectivity index (χ0n) is 37.0. The smallest absolute Gasteiger partial charge is 0.258 e. The number of aromatic nitrogens is 9. The first kappa shape index (κ1) is 43.3. The first-order chi connectivity index (χ1) is 32.1. The SMILES string of the molecule is Cc1cc(-n2cc(-c3ccc([N+](=O)[O-])cc3)nn2)cc(C)c1B(c1c(C)cc(-n2cc(-c3ccc([N+](=O)[O-])cc3)nn2)cc1C)c1c(C)cc(-n2cc(-c3ccc([N+](=O)[O-])cc3)nn2)cc1C. The van der Waals surface area contributed by atoms with Crippen LogP contribution < -0.4 is 16.4 Å². The molecule has 0 aliphatic carbocycles. The summed E-state index contributed by atoms with van der Waals surface area (Å²) in [5.41, 5.74) is 15.7. The Morgan fingerprint density at radius 3 is 0.821 bits per heavy atom. The molecule has 67 heavy (non-hydrogen) atoms. The molecule has 0 saturated heterocycles. The average molecular weight is 891 g/mol. The van der Waals surface area contributed by atoms with Crippen molar-refractivity contribution in [2.75, 3.05) is 0 Å². The number of non-ortho nitro benzene ring substituents is 3. The van der Waals surface area contributed by atoms with Gasteiger partial charge < -0.3 is 0 Å². The van der Waals surface area contributed by atoms with Crippen LogP contribution in [0.2, 0.25) is 0 Å². The maximum atomic E-state index is 11.2. The van der Waals surface area contributed by atoms with Gasteiger partial charge in [0.2, 0.25) is 6.71 Å². The van der Waals surface area contributed by atoms with Gasteiger partial charge in [0.25, 0.3) is 17.1 Å². The Bertz CT molecular complexity index is 2990. The van der Waals surface area contributed by atoms with Gasteiger partial charge in [-0.3, -0.25) is 30.3 Å². The van der Waals surface area contributed by atoms with E-state index in [4.69, 9.17) is 0 Å². The maximum absolute atomic E-state index is 11.2. The summed E-state index contributed by atoms with van der Waals surface area (Å²) in [7, 11) is 0. The molecule has 0 aliphatic rings. The van der Waals surface area contributed by atoms with Gasteiger partial charge in [-0.2, -0.15) is 0 Å². The summed E-state index contributed by atoms with van der Waals surface area (Å²) in [4.78, 5) is 32.4. The second-order valence-corrected chi connectivity index (χ2v) is 16.5. The zero-order chi connectivity index (χ0) is 47.3. The van der Waals surface area contributed by atoms with Gasteiger partial charge >= 0.3 is 0 Å². The number of nitrogens with zero attached hydrogens (tertiary/aromatic N) is 12. The molecule has 0 aliphatic heterocycles. The second kappa shape index (κ2) is 17.2. The van der Waals surface area contributed by atoms with Crippen LogP contribution in [0.15, 0.2) is 128 Å². The standard InChI is InChI=1S/C48H39BN12O6/c1-28-19-40(56-25-43(50-53-56)34-7-13-37(14-8-34)59(62)63)20-29(2)46(28)49(47-30(3)21-41(22-31(47)4)57-26-44(51-54-57)35-9-15-38(16-10-35)60(64)65)48-32(5)23-42(24-33(48)6)58-27-45(52-55-58)36-11-17-39(18-12-36)61(66)67/h7-27H,1-6H3. The van der Waals surface area contributed by atoms with E-state index in [1.54, 1.807) is 69.0 Å². The predicted molar refractivity (Wildman–Crippen MR) is 253 cm³/mol. The quantitative estimate of drug-likeness (QED) is 0.0660. The average Bonchev–Trinajstić information content (AvgIpc) is 4.11. The minimum Gasteiger partial charge on any atom is -0.258 e. The monoisotopic (exact) mass is 890 g/mol. The van der Waals surface area contributed by atoms with Crippen molar-refractivity contribution in [3.8, 4) is 50.8 Å². The molecule has 0 radical (unpaired) electrons. The van der Waals surface area contributed by atoms with E-state index in [0.29, 0.717) is 33.8 Å². The number of rotatable bonds is 12. The summed E-state index contributed by atoms with van der Waals surface area (Å²) in [5.74, 6) is 0. The summed E-state index contributed by atoms with van der Waals surface area (Å²) >= 11 is 0. The van der Waals surface area contributed by atoms with E-state index in [2.05, 4.69) is 109 Å². The number of nitro groups is 3. The molecule has 19 heteroatoms. The minimum atomic E-state index is -0.438. The fourth-order valence-electron chi connectivity index (χ4n) is 8.88. The number of hydrogen-bond donors (Lipinski definition) is 0. The Morgan fingerprint density at radius 2 is 0.612 bits per heavy atom. The molecule has 0 amide bonds. The number of hydrogen-bond acceptors (Lipinski definition) is 12. The Balaban J connectivity index is 1.13. The summed E-state index contributed by atoms with van der Waals surface area (Å²) in [6.07, 6.45) is 5.42. The third-order valence-electron chi connectivity index (χ3n) is 12.0. The molecule has 0 bridgehead atoms. The Morgan fingerprint density at radius 1 is 0.388 bits per heavy atom. The van der Waals surface area contributed by atoms with E-state index in [9.17, 15) is 30.3 Å². The molecule has 0 spiro atoms. The fourth-order valence-corrected chi connectivity index (χ4v) is 8.88. The number of aryl methyl sites for hydroxylation is 6. The van der Waals surface area contributed by atoms with Gasteiger partial charge in [0.1, 0.15) is 17.1 Å². The summed E-state index contributed by atoms with van der Waals surface area (Å²) < 4.78 is 5.12. The van der Waals surface area contributed by atoms with E-state index < -0.39 is 14.8 Å². The predicted octanol–water partition coefficient (Wildman–Crippen LogP) is 7.52. The Hall–Kier alpha value is -9.00. The lowest BCUT2D eigenvalue weighted by Gasteiger charge is -2.27. The van der Waals surface area contributed by atoms with Crippen LogP contribution in [0.1, 0.15) is 33.4 Å². The van der Waals surface area contributed by atoms with Gasteiger partial charge in [0, 0.05) is 53.1 Å². The molecule has 18 nitrogen and oxygen atoms in total. The van der Waals surface area contributed by atoms with Gasteiger partial charge in [0.15, 0.2) is 0 Å². The van der Waals surface area contributed by atoms with Gasteiger partial charge in [-0.05, 0) is 114 Å². The molecular formula is C48H39BN12O6. The van der Waals surface area contributed by atoms with Crippen LogP contribution in [0.3, 0.4) is 0 Å². The van der Waals surface area contributed by atoms with Crippen LogP contribution in [0.5, 0.6) is 0 Å². The van der Waals surface area contributed by atoms with E-state index in [-0.39, 0.29) is 23.8 Å². The highest BCUT2D eigenvalue weighted by Gasteiger charge is 2.32. The first-order valence-corrected chi connectivity index (χ1v) is 21.0. The molecular weight excluding hydrogens is 851 g/mol. The van der Waals surface area contributed by atoms with Crippen molar-refractivity contribution in [1.82, 2.24) is 45.0 Å². The summed E-state index contributed by atoms with van der Waals surface area (Å²) in [6, 6.07) is 31.1. The molecule has 3 aromatic heterocycles. The zero-order valence-corrected chi connectivity index (χ0v) is 37.0. The Kier molecular flexibility index (Phi) is 11.1. The van der Waals surface area contributed by atoms with Gasteiger partial charge in [-0.1, -0.05) is 65.4 Å². The molecule has 3 heterocycles. The van der Waals surface area contributed by atoms with Gasteiger partial charge in [-0.15, -0.1) is 15.3 Å². The van der Waals surface area contributed by atoms with Crippen molar-refractivity contribution in [3.05, 3.63) is 192 Å². The van der Waals surface area contributed by atoms with Gasteiger partial charge in [0.05, 0.1) is 50.4 Å². The third-order valence-corrected chi connectivity index (χ3v) is 12.0. The summed E-state index contributed by atoms with van der Waals surface area (Å²) in [6.45, 7) is 12.3. The van der Waals surface area contributed by atoms with E-state index in [1.165, 1.54) is 36.4 Å². The highest BCUT2D eigenvalue weighted by atomic mass is 16.6. The number of benzene rings is 6. The largest absolute Gasteiger partial charge is 0.269 e. The first-order valence-electron chi connectivity index (χ1n) is 21.0. The molecule has 0 saturated carbocycles. The lowest BCUT2D eigenvalue weighted by atomic mass is 9.33. The second-order valence-electron chi connectivity index (χ2n) is 16.5. The molecule has 9 aromatic rings. The van der Waals surface area contributed by atoms with Crippen LogP contribution >= 0.6 is 0 Å². The van der Waals surface area contributed by atoms with Crippen molar-refractivity contribution >= 4 is 40.2 Å². The maximum Gasteiger partial charge on any atom is 0.269 e. The normalized spacial score (nSPS) is 11.2. The molecule has 6 aromatic carbocycles. The Labute approximate surface area is 382 Å². The molecule has 0 atom stereocenters. The molecule has 9 rings (SSSR count). The van der Waals surface area contributed by atoms with E-state index in [1.807, 2.05) is 0 Å². The molecule has 0 unspecified atom stereocenters. The van der Waals surface area contributed by atoms with Crippen LogP contribution in [-0.4, -0.2) is 66.5 Å². The van der Waals surface area contributed by atoms with Crippen molar-refractivity contribution in [1.29, 1.82) is 0 Å². The van der Waals surface area contributed by atoms with Crippen molar-refractivity contribution < 1.29 is 14.8 Å². The highest BCUT2D eigenvalue weighted by molar-refractivity contribution is 6.97. The number of nitro benzene ring substituents is 3. The summed E-state index contributed by atoms with van der Waals surface area (Å²) in [5, 5.41) is 60.2. The lowest BCUT2D eigenvalue weighted by molar-refractivity contribution is -0.385. The van der Waals surface area contributed by atoms with Crippen molar-refractivity contribution in [2.45, 2.75) is 41.5 Å². The van der Waals surface area contributed by atoms with Gasteiger partial charge in [-0.25, -0.2) is 14.0 Å². The minimum absolute atomic E-state index is 0.00723. The van der Waals surface area contributed by atoms with E-state index >= 15 is 0 Å². The third kappa shape index (κ3) is 8.32. The van der Waals surface area contributed by atoms with Crippen LogP contribution in [0.4, 0.5) is 17.1 Å². The van der Waals surface area contributed by atoms with Crippen LogP contribution in [0, 0.1) is 71.9 Å². The molecule has 0 N–H and O–H groups in total. The lowest BCUT2D eigenvalue weighted by Crippen LogP contribution is -2.57. The van der Waals surface area contributed by atoms with Crippen molar-refractivity contribution in [2.24, 2.45) is 0 Å². The fraction of sp³-hybridized carbons (Fsp3) is 0.125.